The van der Waals surface area contributed by atoms with E-state index in [2.05, 4.69) is 13.8 Å². The van der Waals surface area contributed by atoms with Crippen LogP contribution in [-0.2, 0) is 9.59 Å². The van der Waals surface area contributed by atoms with Crippen molar-refractivity contribution in [3.05, 3.63) is 59.2 Å². The predicted molar refractivity (Wildman–Crippen MR) is 130 cm³/mol. The van der Waals surface area contributed by atoms with Crippen molar-refractivity contribution >= 4 is 17.4 Å². The molecule has 8 heteroatoms. The normalized spacial score (nSPS) is 17.2. The lowest BCUT2D eigenvalue weighted by molar-refractivity contribution is -0.895. The molecule has 1 saturated heterocycles. The molecule has 0 spiro atoms. The minimum Gasteiger partial charge on any atom is -0.872 e. The molecule has 0 saturated carbocycles. The van der Waals surface area contributed by atoms with Gasteiger partial charge in [0.25, 0.3) is 5.91 Å². The van der Waals surface area contributed by atoms with E-state index in [0.717, 1.165) is 13.1 Å². The number of carbonyl (C=O) groups excluding carboxylic acids is 2. The molecule has 2 aromatic carbocycles. The number of hydrogen-bond acceptors (Lipinski definition) is 6. The van der Waals surface area contributed by atoms with Gasteiger partial charge in [-0.3, -0.25) is 9.59 Å². The third-order valence-electron chi connectivity index (χ3n) is 6.39. The lowest BCUT2D eigenvalue weighted by Gasteiger charge is -2.29. The van der Waals surface area contributed by atoms with Gasteiger partial charge >= 0.3 is 0 Å². The largest absolute Gasteiger partial charge is 0.872 e. The van der Waals surface area contributed by atoms with Crippen LogP contribution < -0.4 is 24.2 Å². The molecule has 1 atom stereocenters. The third-order valence-corrected chi connectivity index (χ3v) is 6.39. The second-order valence-corrected chi connectivity index (χ2v) is 8.25. The number of benzene rings is 2. The van der Waals surface area contributed by atoms with Crippen molar-refractivity contribution in [3.63, 3.8) is 0 Å². The second kappa shape index (κ2) is 11.8. The van der Waals surface area contributed by atoms with E-state index < -0.39 is 23.5 Å². The molecule has 0 radical (unpaired) electrons. The molecule has 0 bridgehead atoms. The number of nitrogens with zero attached hydrogens (tertiary/aromatic N) is 1. The van der Waals surface area contributed by atoms with Gasteiger partial charge in [-0.05, 0) is 56.2 Å². The second-order valence-electron chi connectivity index (χ2n) is 8.25. The predicted octanol–water partition coefficient (Wildman–Crippen LogP) is 1.25. The number of quaternary nitrogens is 1. The summed E-state index contributed by atoms with van der Waals surface area (Å²) in [4.78, 5) is 29.2. The van der Waals surface area contributed by atoms with Gasteiger partial charge in [0.2, 0.25) is 5.78 Å². The van der Waals surface area contributed by atoms with Crippen LogP contribution in [0.5, 0.6) is 17.2 Å². The molecule has 0 aliphatic carbocycles. The molecule has 1 fully saturated rings. The standard InChI is InChI=1S/C27H34N2O6/c1-6-28(7-2)15-16-29-24(19-11-14-21(35-8-3)22(17-19)34-5)23(26(31)27(29)32)25(30)18-9-12-20(33-4)13-10-18/h9-14,17,24,30H,6-8,15-16H2,1-5H3. The molecule has 2 aromatic rings. The molecule has 1 unspecified atom stereocenters. The van der Waals surface area contributed by atoms with Crippen LogP contribution in [0.4, 0.5) is 0 Å². The highest BCUT2D eigenvalue weighted by Gasteiger charge is 2.44. The fraction of sp³-hybridized carbons (Fsp3) is 0.407. The number of likely N-dealkylation sites (tertiary alicyclic amines) is 1. The Balaban J connectivity index is 2.13. The van der Waals surface area contributed by atoms with Crippen molar-refractivity contribution in [1.82, 2.24) is 4.90 Å². The van der Waals surface area contributed by atoms with E-state index in [9.17, 15) is 14.7 Å². The van der Waals surface area contributed by atoms with Crippen molar-refractivity contribution in [1.29, 1.82) is 0 Å². The van der Waals surface area contributed by atoms with Gasteiger partial charge in [0.1, 0.15) is 5.75 Å². The first kappa shape index (κ1) is 26.1. The number of likely N-dealkylation sites (N-methyl/N-ethyl adjacent to an activating group) is 1. The van der Waals surface area contributed by atoms with E-state index in [1.807, 2.05) is 6.92 Å². The first-order valence-corrected chi connectivity index (χ1v) is 11.9. The number of amides is 1. The summed E-state index contributed by atoms with van der Waals surface area (Å²) >= 11 is 0. The summed E-state index contributed by atoms with van der Waals surface area (Å²) in [6, 6.07) is 11.0. The minimum absolute atomic E-state index is 0.0547. The van der Waals surface area contributed by atoms with Crippen LogP contribution in [-0.4, -0.2) is 63.6 Å². The third kappa shape index (κ3) is 5.43. The quantitative estimate of drug-likeness (QED) is 0.295. The molecule has 1 aliphatic rings. The van der Waals surface area contributed by atoms with Gasteiger partial charge in [-0.2, -0.15) is 0 Å². The van der Waals surface area contributed by atoms with Gasteiger partial charge in [0, 0.05) is 5.57 Å². The fourth-order valence-electron chi connectivity index (χ4n) is 4.36. The Morgan fingerprint density at radius 2 is 1.66 bits per heavy atom. The molecule has 1 heterocycles. The van der Waals surface area contributed by atoms with E-state index in [1.54, 1.807) is 42.5 Å². The molecule has 8 nitrogen and oxygen atoms in total. The van der Waals surface area contributed by atoms with E-state index >= 15 is 0 Å². The topological polar surface area (TPSA) is 92.6 Å². The smallest absolute Gasteiger partial charge is 0.295 e. The summed E-state index contributed by atoms with van der Waals surface area (Å²) in [5.74, 6) is -0.277. The van der Waals surface area contributed by atoms with Crippen LogP contribution in [0.2, 0.25) is 0 Å². The molecule has 1 aliphatic heterocycles. The summed E-state index contributed by atoms with van der Waals surface area (Å²) in [6.07, 6.45) is 0. The van der Waals surface area contributed by atoms with E-state index in [-0.39, 0.29) is 5.57 Å². The summed E-state index contributed by atoms with van der Waals surface area (Å²) in [6.45, 7) is 9.30. The van der Waals surface area contributed by atoms with Crippen molar-refractivity contribution in [2.45, 2.75) is 26.8 Å². The summed E-state index contributed by atoms with van der Waals surface area (Å²) < 4.78 is 16.3. The van der Waals surface area contributed by atoms with Gasteiger partial charge in [-0.1, -0.05) is 24.0 Å². The Bertz CT molecular complexity index is 1080. The Labute approximate surface area is 206 Å². The van der Waals surface area contributed by atoms with Crippen LogP contribution in [0.3, 0.4) is 0 Å². The number of methoxy groups -OCH3 is 2. The average Bonchev–Trinajstić information content (AvgIpc) is 3.14. The number of hydrogen-bond donors (Lipinski definition) is 1. The Morgan fingerprint density at radius 3 is 2.23 bits per heavy atom. The number of Topliss-reactive ketones (excluding diaryl/α,β-unsaturated/α-hetero) is 1. The van der Waals surface area contributed by atoms with Gasteiger partial charge in [0.15, 0.2) is 11.5 Å². The summed E-state index contributed by atoms with van der Waals surface area (Å²) in [5, 5.41) is 13.6. The molecule has 3 rings (SSSR count). The van der Waals surface area contributed by atoms with Crippen LogP contribution in [0.25, 0.3) is 5.76 Å². The molecule has 1 N–H and O–H groups in total. The Kier molecular flexibility index (Phi) is 8.76. The molecular weight excluding hydrogens is 448 g/mol. The first-order valence-electron chi connectivity index (χ1n) is 11.9. The van der Waals surface area contributed by atoms with Crippen LogP contribution in [0, 0.1) is 0 Å². The highest BCUT2D eigenvalue weighted by atomic mass is 16.5. The monoisotopic (exact) mass is 482 g/mol. The van der Waals surface area contributed by atoms with E-state index in [0.29, 0.717) is 48.1 Å². The van der Waals surface area contributed by atoms with Gasteiger partial charge in [-0.15, -0.1) is 0 Å². The van der Waals surface area contributed by atoms with Gasteiger partial charge in [-0.25, -0.2) is 0 Å². The summed E-state index contributed by atoms with van der Waals surface area (Å²) in [7, 11) is 3.07. The van der Waals surface area contributed by atoms with Gasteiger partial charge < -0.3 is 29.1 Å². The molecule has 1 amide bonds. The highest BCUT2D eigenvalue weighted by Crippen LogP contribution is 2.41. The zero-order valence-electron chi connectivity index (χ0n) is 21.1. The van der Waals surface area contributed by atoms with Crippen LogP contribution in [0.1, 0.15) is 37.9 Å². The maximum Gasteiger partial charge on any atom is 0.295 e. The molecular formula is C27H34N2O6. The maximum atomic E-state index is 13.6. The van der Waals surface area contributed by atoms with Crippen molar-refractivity contribution in [2.24, 2.45) is 0 Å². The number of rotatable bonds is 11. The number of ether oxygens (including phenoxy) is 3. The Hall–Kier alpha value is -3.52. The molecule has 188 valence electrons. The lowest BCUT2D eigenvalue weighted by Crippen LogP contribution is -3.12. The van der Waals surface area contributed by atoms with Crippen molar-refractivity contribution in [2.75, 3.05) is 47.0 Å². The lowest BCUT2D eigenvalue weighted by atomic mass is 9.95. The van der Waals surface area contributed by atoms with E-state index in [4.69, 9.17) is 14.2 Å². The molecule has 0 aromatic heterocycles. The highest BCUT2D eigenvalue weighted by molar-refractivity contribution is 6.46. The minimum atomic E-state index is -0.816. The fourth-order valence-corrected chi connectivity index (χ4v) is 4.36. The van der Waals surface area contributed by atoms with Crippen LogP contribution in [0.15, 0.2) is 48.0 Å². The number of nitrogens with one attached hydrogen (secondary N) is 1. The number of carbonyl (C=O) groups is 2. The summed E-state index contributed by atoms with van der Waals surface area (Å²) in [5.41, 5.74) is 0.887. The molecule has 35 heavy (non-hydrogen) atoms. The number of ketones is 1. The Morgan fingerprint density at radius 1 is 0.971 bits per heavy atom. The zero-order chi connectivity index (χ0) is 25.5. The van der Waals surface area contributed by atoms with Crippen LogP contribution >= 0.6 is 0 Å². The zero-order valence-corrected chi connectivity index (χ0v) is 21.1. The van der Waals surface area contributed by atoms with Crippen molar-refractivity contribution < 1.29 is 33.8 Å². The van der Waals surface area contributed by atoms with Gasteiger partial charge in [0.05, 0.1) is 53.0 Å². The van der Waals surface area contributed by atoms with Crippen molar-refractivity contribution in [3.8, 4) is 17.2 Å². The SMILES string of the molecule is CCOc1ccc(C2C(=C([O-])c3ccc(OC)cc3)C(=O)C(=O)N2CC[NH+](CC)CC)cc1OC. The van der Waals surface area contributed by atoms with E-state index in [1.165, 1.54) is 24.0 Å². The average molecular weight is 483 g/mol. The maximum absolute atomic E-state index is 13.6. The first-order chi connectivity index (χ1) is 16.9.